The zero-order valence-corrected chi connectivity index (χ0v) is 10.8. The van der Waals surface area contributed by atoms with Gasteiger partial charge in [0.1, 0.15) is 5.41 Å². The number of hydrogen-bond acceptors (Lipinski definition) is 4. The van der Waals surface area contributed by atoms with E-state index >= 15 is 0 Å². The maximum Gasteiger partial charge on any atom is 0.234 e. The van der Waals surface area contributed by atoms with Crippen molar-refractivity contribution in [1.29, 1.82) is 0 Å². The average molecular weight is 257 g/mol. The molecular formula is C11H19N3O2S. The van der Waals surface area contributed by atoms with Gasteiger partial charge in [-0.05, 0) is 31.9 Å². The number of nitrogens with one attached hydrogen (secondary N) is 1. The van der Waals surface area contributed by atoms with Crippen molar-refractivity contribution in [1.82, 2.24) is 5.32 Å². The van der Waals surface area contributed by atoms with E-state index in [9.17, 15) is 4.79 Å². The number of thioether (sulfide) groups is 1. The molecule has 2 fully saturated rings. The molecule has 0 aromatic rings. The van der Waals surface area contributed by atoms with Crippen LogP contribution in [0.2, 0.25) is 0 Å². The molecule has 2 rings (SSSR count). The van der Waals surface area contributed by atoms with Gasteiger partial charge in [-0.15, -0.1) is 0 Å². The molecule has 0 aromatic carbocycles. The van der Waals surface area contributed by atoms with Crippen LogP contribution < -0.4 is 11.1 Å². The van der Waals surface area contributed by atoms with Crippen molar-refractivity contribution in [3.8, 4) is 0 Å². The lowest BCUT2D eigenvalue weighted by Gasteiger charge is -2.39. The van der Waals surface area contributed by atoms with Gasteiger partial charge in [-0.25, -0.2) is 0 Å². The number of amides is 1. The van der Waals surface area contributed by atoms with Gasteiger partial charge in [0.2, 0.25) is 5.91 Å². The second-order valence-electron chi connectivity index (χ2n) is 4.99. The van der Waals surface area contributed by atoms with Gasteiger partial charge >= 0.3 is 0 Å². The fourth-order valence-corrected chi connectivity index (χ4v) is 2.96. The topological polar surface area (TPSA) is 87.7 Å². The van der Waals surface area contributed by atoms with Crippen molar-refractivity contribution in [2.24, 2.45) is 16.3 Å². The highest BCUT2D eigenvalue weighted by molar-refractivity contribution is 8.00. The molecule has 0 atom stereocenters. The van der Waals surface area contributed by atoms with E-state index in [0.717, 1.165) is 19.3 Å². The highest BCUT2D eigenvalue weighted by Crippen LogP contribution is 2.47. The Labute approximate surface area is 105 Å². The van der Waals surface area contributed by atoms with Gasteiger partial charge in [0.15, 0.2) is 5.84 Å². The van der Waals surface area contributed by atoms with Crippen molar-refractivity contribution in [2.75, 3.05) is 12.8 Å². The SMILES string of the molecule is CSC1(CNC(=O)C2(C(N)=NO)CCC2)CC1. The predicted octanol–water partition coefficient (Wildman–Crippen LogP) is 0.915. The Kier molecular flexibility index (Phi) is 3.25. The fraction of sp³-hybridized carbons (Fsp3) is 0.818. The summed E-state index contributed by atoms with van der Waals surface area (Å²) in [4.78, 5) is 12.1. The average Bonchev–Trinajstić information content (AvgIpc) is 3.05. The molecule has 2 aliphatic carbocycles. The Balaban J connectivity index is 1.94. The maximum atomic E-state index is 12.1. The van der Waals surface area contributed by atoms with E-state index in [1.165, 1.54) is 0 Å². The Morgan fingerprint density at radius 2 is 2.12 bits per heavy atom. The number of nitrogens with two attached hydrogens (primary N) is 1. The van der Waals surface area contributed by atoms with Crippen LogP contribution in [0, 0.1) is 5.41 Å². The van der Waals surface area contributed by atoms with E-state index in [-0.39, 0.29) is 16.5 Å². The van der Waals surface area contributed by atoms with Crippen molar-refractivity contribution in [2.45, 2.75) is 36.9 Å². The van der Waals surface area contributed by atoms with Gasteiger partial charge in [0.05, 0.1) is 0 Å². The summed E-state index contributed by atoms with van der Waals surface area (Å²) >= 11 is 1.80. The second kappa shape index (κ2) is 4.40. The molecular weight excluding hydrogens is 238 g/mol. The third-order valence-electron chi connectivity index (χ3n) is 4.05. The summed E-state index contributed by atoms with van der Waals surface area (Å²) < 4.78 is 0.242. The summed E-state index contributed by atoms with van der Waals surface area (Å²) in [6.45, 7) is 0.688. The number of carbonyl (C=O) groups is 1. The second-order valence-corrected chi connectivity index (χ2v) is 6.26. The molecule has 1 amide bonds. The van der Waals surface area contributed by atoms with Gasteiger partial charge in [-0.2, -0.15) is 11.8 Å². The normalized spacial score (nSPS) is 24.9. The number of amidine groups is 1. The van der Waals surface area contributed by atoms with Crippen LogP contribution in [0.3, 0.4) is 0 Å². The first-order valence-electron chi connectivity index (χ1n) is 5.90. The molecule has 0 aromatic heterocycles. The van der Waals surface area contributed by atoms with Crippen LogP contribution in [0.25, 0.3) is 0 Å². The number of oxime groups is 1. The maximum absolute atomic E-state index is 12.1. The van der Waals surface area contributed by atoms with Crippen molar-refractivity contribution >= 4 is 23.5 Å². The zero-order valence-electron chi connectivity index (χ0n) is 10.0. The lowest BCUT2D eigenvalue weighted by molar-refractivity contribution is -0.131. The van der Waals surface area contributed by atoms with Crippen LogP contribution in [-0.2, 0) is 4.79 Å². The van der Waals surface area contributed by atoms with Crippen LogP contribution in [0.5, 0.6) is 0 Å². The molecule has 0 unspecified atom stereocenters. The van der Waals surface area contributed by atoms with Gasteiger partial charge in [-0.3, -0.25) is 4.79 Å². The quantitative estimate of drug-likeness (QED) is 0.296. The lowest BCUT2D eigenvalue weighted by Crippen LogP contribution is -2.55. The number of nitrogens with zero attached hydrogens (tertiary/aromatic N) is 1. The van der Waals surface area contributed by atoms with Crippen LogP contribution in [-0.4, -0.2) is 34.5 Å². The Bertz CT molecular complexity index is 349. The molecule has 0 spiro atoms. The van der Waals surface area contributed by atoms with Gasteiger partial charge in [-0.1, -0.05) is 11.6 Å². The molecule has 0 aliphatic heterocycles. The van der Waals surface area contributed by atoms with Crippen molar-refractivity contribution in [3.63, 3.8) is 0 Å². The van der Waals surface area contributed by atoms with Crippen LogP contribution in [0.15, 0.2) is 5.16 Å². The predicted molar refractivity (Wildman–Crippen MR) is 68.2 cm³/mol. The van der Waals surface area contributed by atoms with E-state index in [1.54, 1.807) is 11.8 Å². The molecule has 5 nitrogen and oxygen atoms in total. The highest BCUT2D eigenvalue weighted by Gasteiger charge is 2.50. The fourth-order valence-electron chi connectivity index (χ4n) is 2.23. The first-order chi connectivity index (χ1) is 8.08. The summed E-state index contributed by atoms with van der Waals surface area (Å²) in [6, 6.07) is 0. The monoisotopic (exact) mass is 257 g/mol. The molecule has 0 radical (unpaired) electrons. The standard InChI is InChI=1S/C11H19N3O2S/c1-17-10(5-6-10)7-13-9(15)11(3-2-4-11)8(12)14-16/h16H,2-7H2,1H3,(H2,12,14)(H,13,15). The van der Waals surface area contributed by atoms with Gasteiger partial charge < -0.3 is 16.3 Å². The Morgan fingerprint density at radius 3 is 2.47 bits per heavy atom. The first kappa shape index (κ1) is 12.5. The molecule has 2 saturated carbocycles. The van der Waals surface area contributed by atoms with Crippen molar-refractivity contribution < 1.29 is 10.0 Å². The molecule has 6 heteroatoms. The van der Waals surface area contributed by atoms with E-state index in [1.807, 2.05) is 0 Å². The number of carbonyl (C=O) groups excluding carboxylic acids is 1. The van der Waals surface area contributed by atoms with E-state index in [4.69, 9.17) is 10.9 Å². The molecule has 0 bridgehead atoms. The lowest BCUT2D eigenvalue weighted by atomic mass is 9.67. The highest BCUT2D eigenvalue weighted by atomic mass is 32.2. The molecule has 17 heavy (non-hydrogen) atoms. The third kappa shape index (κ3) is 2.10. The molecule has 0 saturated heterocycles. The molecule has 2 aliphatic rings. The number of rotatable bonds is 5. The van der Waals surface area contributed by atoms with Crippen LogP contribution in [0.1, 0.15) is 32.1 Å². The van der Waals surface area contributed by atoms with Crippen LogP contribution >= 0.6 is 11.8 Å². The third-order valence-corrected chi connectivity index (χ3v) is 5.47. The minimum absolute atomic E-state index is 0.0512. The zero-order chi connectivity index (χ0) is 12.5. The summed E-state index contributed by atoms with van der Waals surface area (Å²) in [5.74, 6) is -0.0328. The largest absolute Gasteiger partial charge is 0.409 e. The summed E-state index contributed by atoms with van der Waals surface area (Å²) in [5, 5.41) is 14.7. The first-order valence-corrected chi connectivity index (χ1v) is 7.12. The Hall–Kier alpha value is -0.910. The van der Waals surface area contributed by atoms with E-state index < -0.39 is 5.41 Å². The van der Waals surface area contributed by atoms with E-state index in [2.05, 4.69) is 16.7 Å². The summed E-state index contributed by atoms with van der Waals surface area (Å²) in [7, 11) is 0. The van der Waals surface area contributed by atoms with Gasteiger partial charge in [0.25, 0.3) is 0 Å². The molecule has 4 N–H and O–H groups in total. The van der Waals surface area contributed by atoms with Crippen LogP contribution in [0.4, 0.5) is 0 Å². The van der Waals surface area contributed by atoms with Gasteiger partial charge in [0, 0.05) is 11.3 Å². The minimum Gasteiger partial charge on any atom is -0.409 e. The molecule has 0 heterocycles. The molecule has 96 valence electrons. The minimum atomic E-state index is -0.747. The smallest absolute Gasteiger partial charge is 0.234 e. The van der Waals surface area contributed by atoms with E-state index in [0.29, 0.717) is 19.4 Å². The number of hydrogen-bond donors (Lipinski definition) is 3. The summed E-state index contributed by atoms with van der Waals surface area (Å²) in [6.07, 6.45) is 6.71. The Morgan fingerprint density at radius 1 is 1.47 bits per heavy atom. The van der Waals surface area contributed by atoms with Crippen molar-refractivity contribution in [3.05, 3.63) is 0 Å². The summed E-state index contributed by atoms with van der Waals surface area (Å²) in [5.41, 5.74) is 4.89.